The molecule has 4 heteroatoms. The van der Waals surface area contributed by atoms with Gasteiger partial charge in [0.05, 0.1) is 13.5 Å². The lowest BCUT2D eigenvalue weighted by molar-refractivity contribution is -0.129. The number of likely N-dealkylation sites (N-methyl/N-ethyl adjacent to an activating group) is 1. The van der Waals surface area contributed by atoms with Gasteiger partial charge in [0.25, 0.3) is 0 Å². The van der Waals surface area contributed by atoms with Crippen LogP contribution in [0.25, 0.3) is 0 Å². The van der Waals surface area contributed by atoms with Crippen LogP contribution in [-0.4, -0.2) is 44.6 Å². The van der Waals surface area contributed by atoms with Crippen LogP contribution in [-0.2, 0) is 11.2 Å². The highest BCUT2D eigenvalue weighted by Crippen LogP contribution is 2.19. The molecule has 1 amide bonds. The second-order valence-electron chi connectivity index (χ2n) is 5.79. The van der Waals surface area contributed by atoms with Gasteiger partial charge in [-0.05, 0) is 44.3 Å². The van der Waals surface area contributed by atoms with Gasteiger partial charge in [-0.15, -0.1) is 0 Å². The third kappa shape index (κ3) is 4.74. The number of rotatable bonds is 6. The second kappa shape index (κ2) is 8.03. The summed E-state index contributed by atoms with van der Waals surface area (Å²) in [6, 6.07) is 7.73. The molecule has 116 valence electrons. The number of hydrogen-bond acceptors (Lipinski definition) is 3. The van der Waals surface area contributed by atoms with Gasteiger partial charge < -0.3 is 15.0 Å². The minimum atomic E-state index is 0.161. The van der Waals surface area contributed by atoms with E-state index in [9.17, 15) is 4.79 Å². The number of para-hydroxylation sites is 1. The van der Waals surface area contributed by atoms with Crippen molar-refractivity contribution in [1.82, 2.24) is 10.2 Å². The van der Waals surface area contributed by atoms with Crippen LogP contribution in [0.1, 0.15) is 24.8 Å². The van der Waals surface area contributed by atoms with E-state index in [4.69, 9.17) is 4.74 Å². The van der Waals surface area contributed by atoms with Crippen molar-refractivity contribution in [3.8, 4) is 5.75 Å². The number of benzene rings is 1. The van der Waals surface area contributed by atoms with E-state index in [1.807, 2.05) is 36.2 Å². The van der Waals surface area contributed by atoms with Crippen molar-refractivity contribution in [3.63, 3.8) is 0 Å². The third-order valence-electron chi connectivity index (χ3n) is 4.29. The number of hydrogen-bond donors (Lipinski definition) is 1. The first-order valence-electron chi connectivity index (χ1n) is 7.77. The number of ether oxygens (including phenoxy) is 1. The lowest BCUT2D eigenvalue weighted by Gasteiger charge is -2.25. The first-order valence-corrected chi connectivity index (χ1v) is 7.77. The summed E-state index contributed by atoms with van der Waals surface area (Å²) in [5, 5.41) is 3.38. The summed E-state index contributed by atoms with van der Waals surface area (Å²) in [5.41, 5.74) is 0.957. The van der Waals surface area contributed by atoms with Gasteiger partial charge in [-0.3, -0.25) is 4.79 Å². The molecule has 0 spiro atoms. The van der Waals surface area contributed by atoms with Gasteiger partial charge in [-0.25, -0.2) is 0 Å². The summed E-state index contributed by atoms with van der Waals surface area (Å²) in [4.78, 5) is 14.2. The number of carbonyl (C=O) groups is 1. The van der Waals surface area contributed by atoms with Gasteiger partial charge in [0, 0.05) is 19.2 Å². The molecule has 0 atom stereocenters. The van der Waals surface area contributed by atoms with Gasteiger partial charge in [0.15, 0.2) is 0 Å². The molecule has 1 saturated heterocycles. The van der Waals surface area contributed by atoms with E-state index in [0.717, 1.165) is 43.3 Å². The Kier molecular flexibility index (Phi) is 6.05. The maximum absolute atomic E-state index is 12.3. The summed E-state index contributed by atoms with van der Waals surface area (Å²) in [5.74, 6) is 1.71. The Morgan fingerprint density at radius 2 is 2.05 bits per heavy atom. The van der Waals surface area contributed by atoms with Crippen molar-refractivity contribution in [2.45, 2.75) is 25.7 Å². The summed E-state index contributed by atoms with van der Waals surface area (Å²) < 4.78 is 5.30. The molecule has 0 aliphatic carbocycles. The Labute approximate surface area is 127 Å². The second-order valence-corrected chi connectivity index (χ2v) is 5.79. The molecule has 0 radical (unpaired) electrons. The number of methoxy groups -OCH3 is 1. The van der Waals surface area contributed by atoms with Gasteiger partial charge in [-0.2, -0.15) is 0 Å². The standard InChI is InChI=1S/C17H26N2O2/c1-19(12-9-14-7-10-18-11-8-14)17(20)13-15-5-3-4-6-16(15)21-2/h3-6,14,18H,7-13H2,1-2H3. The van der Waals surface area contributed by atoms with Crippen LogP contribution in [0.15, 0.2) is 24.3 Å². The number of nitrogens with zero attached hydrogens (tertiary/aromatic N) is 1. The summed E-state index contributed by atoms with van der Waals surface area (Å²) >= 11 is 0. The van der Waals surface area contributed by atoms with E-state index in [-0.39, 0.29) is 5.91 Å². The molecule has 1 heterocycles. The predicted molar refractivity (Wildman–Crippen MR) is 84.5 cm³/mol. The monoisotopic (exact) mass is 290 g/mol. The molecule has 1 aromatic rings. The van der Waals surface area contributed by atoms with Crippen LogP contribution < -0.4 is 10.1 Å². The molecule has 0 aromatic heterocycles. The van der Waals surface area contributed by atoms with Gasteiger partial charge in [0.2, 0.25) is 5.91 Å². The molecular weight excluding hydrogens is 264 g/mol. The highest BCUT2D eigenvalue weighted by Gasteiger charge is 2.16. The summed E-state index contributed by atoms with van der Waals surface area (Å²) in [6.45, 7) is 3.08. The molecule has 2 rings (SSSR count). The Balaban J connectivity index is 1.81. The van der Waals surface area contributed by atoms with Crippen LogP contribution >= 0.6 is 0 Å². The quantitative estimate of drug-likeness (QED) is 0.872. The third-order valence-corrected chi connectivity index (χ3v) is 4.29. The average molecular weight is 290 g/mol. The SMILES string of the molecule is COc1ccccc1CC(=O)N(C)CCC1CCNCC1. The van der Waals surface area contributed by atoms with Crippen molar-refractivity contribution in [1.29, 1.82) is 0 Å². The highest BCUT2D eigenvalue weighted by atomic mass is 16.5. The lowest BCUT2D eigenvalue weighted by atomic mass is 9.94. The van der Waals surface area contributed by atoms with Crippen molar-refractivity contribution >= 4 is 5.91 Å². The van der Waals surface area contributed by atoms with Crippen molar-refractivity contribution < 1.29 is 9.53 Å². The molecule has 0 unspecified atom stereocenters. The first kappa shape index (κ1) is 15.8. The fraction of sp³-hybridized carbons (Fsp3) is 0.588. The largest absolute Gasteiger partial charge is 0.496 e. The molecular formula is C17H26N2O2. The first-order chi connectivity index (χ1) is 10.2. The smallest absolute Gasteiger partial charge is 0.226 e. The molecule has 0 saturated carbocycles. The molecule has 4 nitrogen and oxygen atoms in total. The Hall–Kier alpha value is -1.55. The van der Waals surface area contributed by atoms with Crippen LogP contribution in [0.4, 0.5) is 0 Å². The molecule has 1 aliphatic heterocycles. The zero-order chi connectivity index (χ0) is 15.1. The average Bonchev–Trinajstić information content (AvgIpc) is 2.54. The fourth-order valence-electron chi connectivity index (χ4n) is 2.82. The highest BCUT2D eigenvalue weighted by molar-refractivity contribution is 5.79. The minimum Gasteiger partial charge on any atom is -0.496 e. The minimum absolute atomic E-state index is 0.161. The fourth-order valence-corrected chi connectivity index (χ4v) is 2.82. The van der Waals surface area contributed by atoms with E-state index in [0.29, 0.717) is 6.42 Å². The Morgan fingerprint density at radius 3 is 2.76 bits per heavy atom. The van der Waals surface area contributed by atoms with Gasteiger partial charge in [-0.1, -0.05) is 18.2 Å². The zero-order valence-electron chi connectivity index (χ0n) is 13.1. The molecule has 1 N–H and O–H groups in total. The van der Waals surface area contributed by atoms with E-state index in [2.05, 4.69) is 5.32 Å². The normalized spacial score (nSPS) is 15.7. The topological polar surface area (TPSA) is 41.6 Å². The number of amides is 1. The Morgan fingerprint density at radius 1 is 1.33 bits per heavy atom. The summed E-state index contributed by atoms with van der Waals surface area (Å²) in [6.07, 6.45) is 3.98. The van der Waals surface area contributed by atoms with Crippen molar-refractivity contribution in [2.24, 2.45) is 5.92 Å². The van der Waals surface area contributed by atoms with E-state index < -0.39 is 0 Å². The maximum atomic E-state index is 12.3. The van der Waals surface area contributed by atoms with Gasteiger partial charge in [0.1, 0.15) is 5.75 Å². The van der Waals surface area contributed by atoms with Crippen LogP contribution in [0.2, 0.25) is 0 Å². The lowest BCUT2D eigenvalue weighted by Crippen LogP contribution is -2.33. The number of nitrogens with one attached hydrogen (secondary N) is 1. The molecule has 1 fully saturated rings. The van der Waals surface area contributed by atoms with Crippen LogP contribution in [0, 0.1) is 5.92 Å². The number of piperidine rings is 1. The van der Waals surface area contributed by atoms with Crippen LogP contribution in [0.3, 0.4) is 0 Å². The zero-order valence-corrected chi connectivity index (χ0v) is 13.1. The van der Waals surface area contributed by atoms with E-state index in [1.54, 1.807) is 7.11 Å². The molecule has 1 aromatic carbocycles. The molecule has 0 bridgehead atoms. The van der Waals surface area contributed by atoms with Crippen molar-refractivity contribution in [2.75, 3.05) is 33.8 Å². The molecule has 21 heavy (non-hydrogen) atoms. The maximum Gasteiger partial charge on any atom is 0.226 e. The van der Waals surface area contributed by atoms with Crippen LogP contribution in [0.5, 0.6) is 5.75 Å². The predicted octanol–water partition coefficient (Wildman–Crippen LogP) is 2.09. The van der Waals surface area contributed by atoms with E-state index >= 15 is 0 Å². The Bertz CT molecular complexity index is 456. The molecule has 1 aliphatic rings. The van der Waals surface area contributed by atoms with Gasteiger partial charge >= 0.3 is 0 Å². The van der Waals surface area contributed by atoms with Crippen molar-refractivity contribution in [3.05, 3.63) is 29.8 Å². The summed E-state index contributed by atoms with van der Waals surface area (Å²) in [7, 11) is 3.54. The number of carbonyl (C=O) groups excluding carboxylic acids is 1. The van der Waals surface area contributed by atoms with E-state index in [1.165, 1.54) is 12.8 Å².